The summed E-state index contributed by atoms with van der Waals surface area (Å²) in [7, 11) is -4.55. The Morgan fingerprint density at radius 3 is 2.18 bits per heavy atom. The molecule has 0 aromatic rings. The van der Waals surface area contributed by atoms with Crippen LogP contribution in [0.2, 0.25) is 0 Å². The Morgan fingerprint density at radius 1 is 1.45 bits per heavy atom. The Balaban J connectivity index is 4.12. The highest BCUT2D eigenvalue weighted by atomic mass is 32.1. The first-order valence-corrected chi connectivity index (χ1v) is 4.05. The summed E-state index contributed by atoms with van der Waals surface area (Å²) < 4.78 is 17.9. The van der Waals surface area contributed by atoms with Crippen LogP contribution < -0.4 is 11.5 Å². The van der Waals surface area contributed by atoms with Gasteiger partial charge < -0.3 is 20.5 Å². The SMILES string of the molecule is NC(=O)OP(=O)(O)OC(N)=S. The molecule has 64 valence electrons. The first-order valence-electron chi connectivity index (χ1n) is 2.14. The molecule has 1 unspecified atom stereocenters. The maximum Gasteiger partial charge on any atom is 0.590 e. The molecule has 0 saturated heterocycles. The van der Waals surface area contributed by atoms with Gasteiger partial charge in [0.2, 0.25) is 0 Å². The second-order valence-electron chi connectivity index (χ2n) is 1.29. The normalized spacial score (nSPS) is 14.6. The van der Waals surface area contributed by atoms with Crippen LogP contribution in [0.5, 0.6) is 0 Å². The molecule has 5 N–H and O–H groups in total. The molecule has 0 aliphatic rings. The fourth-order valence-corrected chi connectivity index (χ4v) is 1.02. The van der Waals surface area contributed by atoms with Crippen LogP contribution in [0.4, 0.5) is 4.79 Å². The molecule has 9 heteroatoms. The maximum atomic E-state index is 10.5. The molecule has 0 heterocycles. The summed E-state index contributed by atoms with van der Waals surface area (Å²) in [6, 6.07) is 0. The molecule has 1 amide bonds. The summed E-state index contributed by atoms with van der Waals surface area (Å²) in [5.74, 6) is 0. The van der Waals surface area contributed by atoms with Gasteiger partial charge in [0.1, 0.15) is 0 Å². The lowest BCUT2D eigenvalue weighted by Gasteiger charge is -2.08. The molecule has 0 aromatic carbocycles. The number of amides is 1. The molecule has 0 radical (unpaired) electrons. The molecule has 0 saturated carbocycles. The minimum atomic E-state index is -4.55. The van der Waals surface area contributed by atoms with Crippen molar-refractivity contribution in [2.24, 2.45) is 11.5 Å². The molecular formula is C2H5N2O5PS. The van der Waals surface area contributed by atoms with Gasteiger partial charge in [-0.05, 0) is 12.2 Å². The first kappa shape index (κ1) is 10.2. The Morgan fingerprint density at radius 2 is 1.91 bits per heavy atom. The van der Waals surface area contributed by atoms with Crippen molar-refractivity contribution in [3.8, 4) is 0 Å². The zero-order chi connectivity index (χ0) is 9.07. The summed E-state index contributed by atoms with van der Waals surface area (Å²) in [4.78, 5) is 18.4. The molecule has 0 aliphatic carbocycles. The maximum absolute atomic E-state index is 10.5. The summed E-state index contributed by atoms with van der Waals surface area (Å²) in [5, 5.41) is -0.711. The van der Waals surface area contributed by atoms with Gasteiger partial charge in [0.25, 0.3) is 5.17 Å². The zero-order valence-electron chi connectivity index (χ0n) is 5.09. The Labute approximate surface area is 66.9 Å². The second kappa shape index (κ2) is 3.51. The standard InChI is InChI=1S/C2H5N2O5PS/c3-1(5)8-10(6,7)9-2(4)11/h(H2,3,5)(H2,4,11)(H,6,7). The van der Waals surface area contributed by atoms with E-state index in [9.17, 15) is 9.36 Å². The van der Waals surface area contributed by atoms with E-state index in [1.165, 1.54) is 0 Å². The Hall–Kier alpha value is -0.850. The van der Waals surface area contributed by atoms with Crippen molar-refractivity contribution in [1.29, 1.82) is 0 Å². The second-order valence-corrected chi connectivity index (χ2v) is 2.99. The van der Waals surface area contributed by atoms with Gasteiger partial charge in [-0.3, -0.25) is 4.89 Å². The third-order valence-electron chi connectivity index (χ3n) is 0.411. The molecule has 0 spiro atoms. The molecule has 0 aromatic heterocycles. The number of hydrogen-bond donors (Lipinski definition) is 3. The number of carbonyl (C=O) groups is 1. The van der Waals surface area contributed by atoms with Crippen molar-refractivity contribution in [2.45, 2.75) is 0 Å². The third kappa shape index (κ3) is 5.59. The van der Waals surface area contributed by atoms with E-state index < -0.39 is 19.1 Å². The van der Waals surface area contributed by atoms with E-state index in [0.29, 0.717) is 0 Å². The number of rotatable bonds is 2. The zero-order valence-corrected chi connectivity index (χ0v) is 6.80. The van der Waals surface area contributed by atoms with Crippen LogP contribution in [-0.2, 0) is 13.6 Å². The van der Waals surface area contributed by atoms with Crippen LogP contribution in [0, 0.1) is 0 Å². The number of hydrogen-bond acceptors (Lipinski definition) is 5. The van der Waals surface area contributed by atoms with E-state index in [0.717, 1.165) is 0 Å². The van der Waals surface area contributed by atoms with Crippen molar-refractivity contribution in [1.82, 2.24) is 0 Å². The molecule has 11 heavy (non-hydrogen) atoms. The topological polar surface area (TPSA) is 125 Å². The minimum absolute atomic E-state index is 0.711. The number of primary amides is 1. The summed E-state index contributed by atoms with van der Waals surface area (Å²) in [6.45, 7) is 0. The van der Waals surface area contributed by atoms with E-state index in [-0.39, 0.29) is 0 Å². The summed E-state index contributed by atoms with van der Waals surface area (Å²) in [5.41, 5.74) is 9.10. The van der Waals surface area contributed by atoms with Crippen LogP contribution in [0.1, 0.15) is 0 Å². The Kier molecular flexibility index (Phi) is 3.24. The van der Waals surface area contributed by atoms with Gasteiger partial charge in [-0.15, -0.1) is 0 Å². The quantitative estimate of drug-likeness (QED) is 0.403. The van der Waals surface area contributed by atoms with Gasteiger partial charge in [-0.2, -0.15) is 0 Å². The van der Waals surface area contributed by atoms with Gasteiger partial charge >= 0.3 is 13.9 Å². The van der Waals surface area contributed by atoms with E-state index in [1.807, 2.05) is 0 Å². The number of carbonyl (C=O) groups excluding carboxylic acids is 1. The van der Waals surface area contributed by atoms with E-state index in [1.54, 1.807) is 0 Å². The third-order valence-corrected chi connectivity index (χ3v) is 1.46. The average molecular weight is 200 g/mol. The monoisotopic (exact) mass is 200 g/mol. The summed E-state index contributed by atoms with van der Waals surface area (Å²) in [6.07, 6.45) is -1.45. The van der Waals surface area contributed by atoms with E-state index in [2.05, 4.69) is 27.0 Å². The number of phosphoric acid groups is 1. The van der Waals surface area contributed by atoms with Crippen molar-refractivity contribution in [3.05, 3.63) is 0 Å². The largest absolute Gasteiger partial charge is 0.590 e. The van der Waals surface area contributed by atoms with Crippen molar-refractivity contribution in [3.63, 3.8) is 0 Å². The summed E-state index contributed by atoms with van der Waals surface area (Å²) >= 11 is 4.09. The fraction of sp³-hybridized carbons (Fsp3) is 0. The van der Waals surface area contributed by atoms with Crippen LogP contribution in [0.3, 0.4) is 0 Å². The molecule has 7 nitrogen and oxygen atoms in total. The first-order chi connectivity index (χ1) is 4.83. The van der Waals surface area contributed by atoms with Gasteiger partial charge in [0, 0.05) is 0 Å². The number of nitrogens with two attached hydrogens (primary N) is 2. The number of phosphoric ester groups is 1. The highest BCUT2D eigenvalue weighted by Crippen LogP contribution is 2.42. The molecule has 1 atom stereocenters. The van der Waals surface area contributed by atoms with Crippen LogP contribution in [0.25, 0.3) is 0 Å². The van der Waals surface area contributed by atoms with Gasteiger partial charge in [-0.1, -0.05) is 0 Å². The predicted octanol–water partition coefficient (Wildman–Crippen LogP) is -0.558. The molecule has 0 aliphatic heterocycles. The highest BCUT2D eigenvalue weighted by Gasteiger charge is 2.26. The van der Waals surface area contributed by atoms with Crippen molar-refractivity contribution >= 4 is 31.3 Å². The van der Waals surface area contributed by atoms with Crippen molar-refractivity contribution < 1.29 is 23.3 Å². The Bertz CT molecular complexity index is 209. The lowest BCUT2D eigenvalue weighted by Crippen LogP contribution is -2.16. The predicted molar refractivity (Wildman–Crippen MR) is 38.4 cm³/mol. The van der Waals surface area contributed by atoms with Gasteiger partial charge in [0.15, 0.2) is 0 Å². The van der Waals surface area contributed by atoms with E-state index in [4.69, 9.17) is 10.6 Å². The highest BCUT2D eigenvalue weighted by molar-refractivity contribution is 7.80. The van der Waals surface area contributed by atoms with E-state index >= 15 is 0 Å². The minimum Gasteiger partial charge on any atom is -0.368 e. The fourth-order valence-electron chi connectivity index (χ4n) is 0.246. The molecule has 0 rings (SSSR count). The lowest BCUT2D eigenvalue weighted by atomic mass is 11.3. The number of thiocarbonyl (C=S) groups is 1. The molecular weight excluding hydrogens is 195 g/mol. The average Bonchev–Trinajstić information content (AvgIpc) is 1.53. The van der Waals surface area contributed by atoms with Crippen LogP contribution in [0.15, 0.2) is 0 Å². The van der Waals surface area contributed by atoms with Crippen LogP contribution >= 0.6 is 20.0 Å². The van der Waals surface area contributed by atoms with Crippen molar-refractivity contribution in [2.75, 3.05) is 0 Å². The molecule has 0 bridgehead atoms. The smallest absolute Gasteiger partial charge is 0.368 e. The van der Waals surface area contributed by atoms with Gasteiger partial charge in [-0.25, -0.2) is 9.36 Å². The van der Waals surface area contributed by atoms with Crippen LogP contribution in [-0.4, -0.2) is 16.2 Å². The molecule has 0 fully saturated rings. The van der Waals surface area contributed by atoms with Gasteiger partial charge in [0.05, 0.1) is 0 Å². The lowest BCUT2D eigenvalue weighted by molar-refractivity contribution is 0.187.